The molecule has 2 saturated heterocycles. The molecule has 0 spiro atoms. The fourth-order valence-electron chi connectivity index (χ4n) is 10.4. The predicted octanol–water partition coefficient (Wildman–Crippen LogP) is 11.9. The van der Waals surface area contributed by atoms with Crippen LogP contribution in [0.5, 0.6) is 0 Å². The first-order valence-electron chi connectivity index (χ1n) is 24.3. The molecule has 3 N–H and O–H groups in total. The smallest absolute Gasteiger partial charge is 0.392 e. The third-order valence-electron chi connectivity index (χ3n) is 14.2. The molecule has 2 aliphatic carbocycles. The lowest BCUT2D eigenvalue weighted by molar-refractivity contribution is -0.139. The van der Waals surface area contributed by atoms with Crippen LogP contribution in [-0.4, -0.2) is 107 Å². The second-order valence-electron chi connectivity index (χ2n) is 18.9. The number of nitriles is 2. The van der Waals surface area contributed by atoms with Gasteiger partial charge in [-0.2, -0.15) is 23.7 Å². The number of amides is 4. The standard InChI is InChI=1S/C27H30F4N4O2.C26H30Cl2N4O/c28-25-9-6-21(15-24(25)27(29,30)31)33-26(37)35(13-12-34-11-10-23(36)17-34)22-7-4-19(5-8-22)20-3-1-2-18(14-20)16-32;27-22-15-23(28)17-24(16-22)30-26(33)32(13-12-31-10-1-2-11-31)25-8-6-20(7-9-25)21-5-3-4-19(14-21)18-29/h1-3,6,9,14-15,19,22-23,36H,4-5,7-8,10-13,17H2,(H,33,37);3-5,14-17,20,25H,1-2,6-13H2,(H,30,33)/t19?,22?,23-;/m0./s1. The fourth-order valence-corrected chi connectivity index (χ4v) is 10.9. The van der Waals surface area contributed by atoms with E-state index in [1.165, 1.54) is 18.4 Å². The molecular weight excluding hydrogens is 944 g/mol. The summed E-state index contributed by atoms with van der Waals surface area (Å²) in [5.41, 5.74) is 2.70. The molecule has 17 heteroatoms. The van der Waals surface area contributed by atoms with Crippen molar-refractivity contribution in [3.8, 4) is 12.1 Å². The molecule has 0 aromatic heterocycles. The van der Waals surface area contributed by atoms with Crippen molar-refractivity contribution in [1.29, 1.82) is 10.5 Å². The van der Waals surface area contributed by atoms with E-state index in [0.717, 1.165) is 69.8 Å². The van der Waals surface area contributed by atoms with Crippen LogP contribution in [0.15, 0.2) is 84.9 Å². The second kappa shape index (κ2) is 24.6. The zero-order chi connectivity index (χ0) is 49.8. The van der Waals surface area contributed by atoms with Gasteiger partial charge in [0.1, 0.15) is 5.82 Å². The highest BCUT2D eigenvalue weighted by Crippen LogP contribution is 2.38. The van der Waals surface area contributed by atoms with Crippen LogP contribution in [0.2, 0.25) is 10.0 Å². The average Bonchev–Trinajstić information content (AvgIpc) is 4.04. The molecule has 11 nitrogen and oxygen atoms in total. The summed E-state index contributed by atoms with van der Waals surface area (Å²) >= 11 is 12.3. The number of nitrogens with one attached hydrogen (secondary N) is 2. The van der Waals surface area contributed by atoms with E-state index in [9.17, 15) is 42.8 Å². The lowest BCUT2D eigenvalue weighted by atomic mass is 9.81. The van der Waals surface area contributed by atoms with E-state index in [2.05, 4.69) is 38.6 Å². The Hall–Kier alpha value is -5.42. The van der Waals surface area contributed by atoms with Gasteiger partial charge in [0.15, 0.2) is 0 Å². The highest BCUT2D eigenvalue weighted by Gasteiger charge is 2.36. The van der Waals surface area contributed by atoms with E-state index in [-0.39, 0.29) is 29.7 Å². The van der Waals surface area contributed by atoms with Crippen LogP contribution in [0.4, 0.5) is 38.5 Å². The first-order valence-corrected chi connectivity index (χ1v) is 25.0. The van der Waals surface area contributed by atoms with Crippen LogP contribution in [0.1, 0.15) is 110 Å². The summed E-state index contributed by atoms with van der Waals surface area (Å²) in [7, 11) is 0. The molecule has 2 heterocycles. The molecule has 4 aliphatic rings. The Kier molecular flexibility index (Phi) is 18.4. The largest absolute Gasteiger partial charge is 0.419 e. The number of nitrogens with zero attached hydrogens (tertiary/aromatic N) is 6. The number of carbonyl (C=O) groups excluding carboxylic acids is 2. The Morgan fingerprint density at radius 3 is 1.63 bits per heavy atom. The molecule has 4 fully saturated rings. The van der Waals surface area contributed by atoms with E-state index in [1.807, 2.05) is 41.3 Å². The topological polar surface area (TPSA) is 139 Å². The zero-order valence-corrected chi connectivity index (χ0v) is 40.6. The lowest BCUT2D eigenvalue weighted by Gasteiger charge is -2.38. The normalized spacial score (nSPS) is 21.7. The van der Waals surface area contributed by atoms with E-state index >= 15 is 0 Å². The van der Waals surface area contributed by atoms with Gasteiger partial charge in [-0.15, -0.1) is 0 Å². The molecule has 0 radical (unpaired) electrons. The quantitative estimate of drug-likeness (QED) is 0.120. The predicted molar refractivity (Wildman–Crippen MR) is 264 cm³/mol. The van der Waals surface area contributed by atoms with Crippen LogP contribution in [0.25, 0.3) is 0 Å². The number of aliphatic hydroxyl groups excluding tert-OH is 1. The number of hydrogen-bond donors (Lipinski definition) is 3. The number of rotatable bonds is 12. The van der Waals surface area contributed by atoms with Gasteiger partial charge in [-0.1, -0.05) is 47.5 Å². The van der Waals surface area contributed by atoms with Crippen LogP contribution in [0.3, 0.4) is 0 Å². The van der Waals surface area contributed by atoms with Crippen molar-refractivity contribution in [3.63, 3.8) is 0 Å². The van der Waals surface area contributed by atoms with Crippen LogP contribution in [-0.2, 0) is 6.18 Å². The Labute approximate surface area is 417 Å². The third kappa shape index (κ3) is 14.6. The van der Waals surface area contributed by atoms with Gasteiger partial charge in [0.05, 0.1) is 34.9 Å². The summed E-state index contributed by atoms with van der Waals surface area (Å²) < 4.78 is 53.2. The maximum Gasteiger partial charge on any atom is 0.419 e. The third-order valence-corrected chi connectivity index (χ3v) is 14.6. The average molecular weight is 1000 g/mol. The van der Waals surface area contributed by atoms with Crippen LogP contribution < -0.4 is 10.6 Å². The molecule has 70 heavy (non-hydrogen) atoms. The summed E-state index contributed by atoms with van der Waals surface area (Å²) in [4.78, 5) is 34.8. The lowest BCUT2D eigenvalue weighted by Crippen LogP contribution is -2.47. The van der Waals surface area contributed by atoms with E-state index in [1.54, 1.807) is 29.2 Å². The number of hydrogen-bond acceptors (Lipinski definition) is 7. The molecule has 4 aromatic rings. The summed E-state index contributed by atoms with van der Waals surface area (Å²) in [5.74, 6) is -0.701. The van der Waals surface area contributed by atoms with Gasteiger partial charge < -0.3 is 30.4 Å². The Bertz CT molecular complexity index is 2480. The highest BCUT2D eigenvalue weighted by atomic mass is 35.5. The van der Waals surface area contributed by atoms with Crippen LogP contribution >= 0.6 is 23.2 Å². The summed E-state index contributed by atoms with van der Waals surface area (Å²) in [6, 6.07) is 26.8. The van der Waals surface area contributed by atoms with E-state index in [4.69, 9.17) is 23.2 Å². The second-order valence-corrected chi connectivity index (χ2v) is 19.7. The van der Waals surface area contributed by atoms with Crippen molar-refractivity contribution < 1.29 is 32.3 Å². The zero-order valence-electron chi connectivity index (χ0n) is 39.1. The van der Waals surface area contributed by atoms with Gasteiger partial charge in [-0.3, -0.25) is 4.90 Å². The summed E-state index contributed by atoms with van der Waals surface area (Å²) in [5, 5.41) is 34.8. The van der Waals surface area contributed by atoms with Gasteiger partial charge in [0, 0.05) is 72.8 Å². The van der Waals surface area contributed by atoms with Crippen molar-refractivity contribution in [2.75, 3.05) is 63.0 Å². The molecule has 2 saturated carbocycles. The van der Waals surface area contributed by atoms with Crippen molar-refractivity contribution in [1.82, 2.24) is 19.6 Å². The number of urea groups is 2. The van der Waals surface area contributed by atoms with Gasteiger partial charge in [-0.25, -0.2) is 14.0 Å². The minimum atomic E-state index is -4.87. The number of alkyl halides is 3. The molecule has 0 bridgehead atoms. The van der Waals surface area contributed by atoms with Gasteiger partial charge in [0.2, 0.25) is 0 Å². The van der Waals surface area contributed by atoms with E-state index < -0.39 is 29.7 Å². The molecule has 8 rings (SSSR count). The fraction of sp³-hybridized carbons (Fsp3) is 0.472. The van der Waals surface area contributed by atoms with Gasteiger partial charge >= 0.3 is 18.2 Å². The van der Waals surface area contributed by atoms with Crippen molar-refractivity contribution >= 4 is 46.6 Å². The summed E-state index contributed by atoms with van der Waals surface area (Å²) in [6.07, 6.45) is 4.80. The number of β-amino-alcohol motifs (C(OH)–C–C–N with tert-alkyl or cyclic N) is 1. The summed E-state index contributed by atoms with van der Waals surface area (Å²) in [6.45, 7) is 5.95. The maximum absolute atomic E-state index is 13.7. The number of aliphatic hydroxyl groups is 1. The first kappa shape index (κ1) is 52.4. The Balaban J connectivity index is 0.000000208. The number of halogens is 6. The highest BCUT2D eigenvalue weighted by molar-refractivity contribution is 6.35. The molecule has 4 aromatic carbocycles. The number of benzene rings is 4. The molecular formula is C53H60Cl2F4N8O3. The molecule has 2 aliphatic heterocycles. The number of carbonyl (C=O) groups is 2. The van der Waals surface area contributed by atoms with Crippen LogP contribution in [0, 0.1) is 28.5 Å². The minimum absolute atomic E-state index is 0.0949. The Morgan fingerprint density at radius 1 is 0.657 bits per heavy atom. The van der Waals surface area contributed by atoms with Crippen molar-refractivity contribution in [3.05, 3.63) is 129 Å². The molecule has 0 unspecified atom stereocenters. The van der Waals surface area contributed by atoms with Crippen molar-refractivity contribution in [2.45, 2.75) is 107 Å². The van der Waals surface area contributed by atoms with E-state index in [0.29, 0.717) is 96.9 Å². The minimum Gasteiger partial charge on any atom is -0.392 e. The molecule has 4 amide bonds. The molecule has 1 atom stereocenters. The maximum atomic E-state index is 13.7. The number of likely N-dealkylation sites (tertiary alicyclic amines) is 2. The van der Waals surface area contributed by atoms with Gasteiger partial charge in [0.25, 0.3) is 0 Å². The first-order chi connectivity index (χ1) is 33.6. The Morgan fingerprint density at radius 2 is 1.16 bits per heavy atom. The molecule has 372 valence electrons. The number of anilines is 2. The monoisotopic (exact) mass is 1000 g/mol. The SMILES string of the molecule is N#Cc1cccc(C2CCC(N(CCN3CCCC3)C(=O)Nc3cc(Cl)cc(Cl)c3)CC2)c1.N#Cc1cccc(C2CCC(N(CCN3CC[C@H](O)C3)C(=O)Nc3ccc(F)c(C(F)(F)F)c3)CC2)c1. The van der Waals surface area contributed by atoms with Gasteiger partial charge in [-0.05, 0) is 167 Å². The van der Waals surface area contributed by atoms with Crippen molar-refractivity contribution in [2.24, 2.45) is 0 Å².